The van der Waals surface area contributed by atoms with Crippen LogP contribution in [0.15, 0.2) is 24.7 Å². The minimum Gasteiger partial charge on any atom is -0.494 e. The fourth-order valence-electron chi connectivity index (χ4n) is 1.86. The van der Waals surface area contributed by atoms with Crippen LogP contribution in [-0.2, 0) is 11.2 Å². The number of halogens is 2. The van der Waals surface area contributed by atoms with Crippen LogP contribution in [0.1, 0.15) is 12.6 Å². The summed E-state index contributed by atoms with van der Waals surface area (Å²) in [5, 5.41) is 2.64. The minimum atomic E-state index is -0.651. The largest absolute Gasteiger partial charge is 0.494 e. The van der Waals surface area contributed by atoms with Gasteiger partial charge in [0.2, 0.25) is 5.91 Å². The highest BCUT2D eigenvalue weighted by molar-refractivity contribution is 5.72. The summed E-state index contributed by atoms with van der Waals surface area (Å²) in [4.78, 5) is 14.9. The second kappa shape index (κ2) is 6.34. The molecule has 0 atom stereocenters. The quantitative estimate of drug-likeness (QED) is 0.915. The fraction of sp³-hybridized carbons (Fsp3) is 0.286. The van der Waals surface area contributed by atoms with Gasteiger partial charge in [-0.3, -0.25) is 4.79 Å². The number of aromatic nitrogens is 2. The molecule has 1 aromatic carbocycles. The van der Waals surface area contributed by atoms with Gasteiger partial charge in [0.25, 0.3) is 0 Å². The zero-order chi connectivity index (χ0) is 15.4. The number of rotatable bonds is 5. The molecule has 112 valence electrons. The number of ether oxygens (including phenoxy) is 1. The number of hydrogen-bond donors (Lipinski definition) is 1. The molecule has 0 fully saturated rings. The van der Waals surface area contributed by atoms with E-state index >= 15 is 0 Å². The van der Waals surface area contributed by atoms with Gasteiger partial charge in [-0.1, -0.05) is 0 Å². The summed E-state index contributed by atoms with van der Waals surface area (Å²) < 4.78 is 33.7. The van der Waals surface area contributed by atoms with Crippen molar-refractivity contribution < 1.29 is 18.3 Å². The van der Waals surface area contributed by atoms with Crippen molar-refractivity contribution in [1.82, 2.24) is 14.9 Å². The maximum atomic E-state index is 13.9. The molecule has 5 nitrogen and oxygen atoms in total. The van der Waals surface area contributed by atoms with E-state index in [1.165, 1.54) is 24.9 Å². The van der Waals surface area contributed by atoms with Gasteiger partial charge in [-0.2, -0.15) is 0 Å². The number of amides is 1. The number of hydrogen-bond acceptors (Lipinski definition) is 3. The average molecular weight is 295 g/mol. The van der Waals surface area contributed by atoms with Crippen molar-refractivity contribution in [1.29, 1.82) is 0 Å². The van der Waals surface area contributed by atoms with Crippen LogP contribution in [0.25, 0.3) is 5.69 Å². The van der Waals surface area contributed by atoms with E-state index in [2.05, 4.69) is 10.3 Å². The van der Waals surface area contributed by atoms with Crippen molar-refractivity contribution in [3.05, 3.63) is 42.0 Å². The lowest BCUT2D eigenvalue weighted by molar-refractivity contribution is -0.118. The zero-order valence-corrected chi connectivity index (χ0v) is 11.7. The molecule has 0 saturated carbocycles. The van der Waals surface area contributed by atoms with E-state index in [0.29, 0.717) is 18.7 Å². The van der Waals surface area contributed by atoms with Crippen molar-refractivity contribution in [2.45, 2.75) is 13.3 Å². The predicted molar refractivity (Wildman–Crippen MR) is 72.4 cm³/mol. The Labute approximate surface area is 120 Å². The Hall–Kier alpha value is -2.44. The van der Waals surface area contributed by atoms with E-state index in [4.69, 9.17) is 4.74 Å². The van der Waals surface area contributed by atoms with E-state index in [9.17, 15) is 13.6 Å². The summed E-state index contributed by atoms with van der Waals surface area (Å²) in [5.41, 5.74) is 0.714. The summed E-state index contributed by atoms with van der Waals surface area (Å²) >= 11 is 0. The second-order valence-electron chi connectivity index (χ2n) is 4.44. The van der Waals surface area contributed by atoms with Crippen LogP contribution < -0.4 is 10.1 Å². The number of methoxy groups -OCH3 is 1. The van der Waals surface area contributed by atoms with Crippen molar-refractivity contribution in [3.8, 4) is 11.4 Å². The predicted octanol–water partition coefficient (Wildman–Crippen LogP) is 1.84. The van der Waals surface area contributed by atoms with Gasteiger partial charge in [0, 0.05) is 38.2 Å². The number of carbonyl (C=O) groups excluding carboxylic acids is 1. The van der Waals surface area contributed by atoms with Gasteiger partial charge in [-0.15, -0.1) is 0 Å². The van der Waals surface area contributed by atoms with Gasteiger partial charge >= 0.3 is 0 Å². The number of carbonyl (C=O) groups is 1. The Bertz CT molecular complexity index is 656. The molecule has 1 aromatic heterocycles. The van der Waals surface area contributed by atoms with Crippen LogP contribution in [0.4, 0.5) is 8.78 Å². The summed E-state index contributed by atoms with van der Waals surface area (Å²) in [6.45, 7) is 1.86. The average Bonchev–Trinajstić information content (AvgIpc) is 2.89. The van der Waals surface area contributed by atoms with Gasteiger partial charge in [0.1, 0.15) is 0 Å². The van der Waals surface area contributed by atoms with E-state index in [1.807, 2.05) is 0 Å². The molecule has 1 heterocycles. The Morgan fingerprint density at radius 1 is 1.38 bits per heavy atom. The number of benzene rings is 1. The van der Waals surface area contributed by atoms with Crippen LogP contribution in [0.2, 0.25) is 0 Å². The molecule has 0 radical (unpaired) electrons. The molecule has 0 bridgehead atoms. The Morgan fingerprint density at radius 2 is 2.14 bits per heavy atom. The molecule has 0 spiro atoms. The SMILES string of the molecule is COc1cc(F)c(-n2cnc(CCNC(C)=O)c2)cc1F. The maximum Gasteiger partial charge on any atom is 0.216 e. The van der Waals surface area contributed by atoms with E-state index in [0.717, 1.165) is 12.1 Å². The van der Waals surface area contributed by atoms with Crippen molar-refractivity contribution in [3.63, 3.8) is 0 Å². The molecule has 0 saturated heterocycles. The molecular formula is C14H15F2N3O2. The topological polar surface area (TPSA) is 56.1 Å². The van der Waals surface area contributed by atoms with Crippen LogP contribution in [0.5, 0.6) is 5.75 Å². The third-order valence-corrected chi connectivity index (χ3v) is 2.89. The summed E-state index contributed by atoms with van der Waals surface area (Å²) in [6, 6.07) is 2.04. The zero-order valence-electron chi connectivity index (χ0n) is 11.7. The van der Waals surface area contributed by atoms with Crippen molar-refractivity contribution in [2.75, 3.05) is 13.7 Å². The molecule has 7 heteroatoms. The van der Waals surface area contributed by atoms with E-state index in [-0.39, 0.29) is 17.3 Å². The summed E-state index contributed by atoms with van der Waals surface area (Å²) in [5.74, 6) is -1.54. The van der Waals surface area contributed by atoms with Crippen LogP contribution in [0.3, 0.4) is 0 Å². The van der Waals surface area contributed by atoms with Gasteiger partial charge in [0.15, 0.2) is 17.4 Å². The van der Waals surface area contributed by atoms with Crippen LogP contribution in [0, 0.1) is 11.6 Å². The molecule has 2 rings (SSSR count). The van der Waals surface area contributed by atoms with Crippen molar-refractivity contribution in [2.24, 2.45) is 0 Å². The first-order valence-corrected chi connectivity index (χ1v) is 6.32. The molecule has 0 aliphatic heterocycles. The van der Waals surface area contributed by atoms with Gasteiger partial charge < -0.3 is 14.6 Å². The minimum absolute atomic E-state index is 0.0478. The normalized spacial score (nSPS) is 10.5. The monoisotopic (exact) mass is 295 g/mol. The lowest BCUT2D eigenvalue weighted by atomic mass is 10.2. The second-order valence-corrected chi connectivity index (χ2v) is 4.44. The summed E-state index contributed by atoms with van der Waals surface area (Å²) in [7, 11) is 1.27. The highest BCUT2D eigenvalue weighted by atomic mass is 19.1. The third kappa shape index (κ3) is 3.56. The van der Waals surface area contributed by atoms with E-state index < -0.39 is 11.6 Å². The number of nitrogens with zero attached hydrogens (tertiary/aromatic N) is 2. The third-order valence-electron chi connectivity index (χ3n) is 2.89. The van der Waals surface area contributed by atoms with Crippen LogP contribution in [-0.4, -0.2) is 29.1 Å². The Balaban J connectivity index is 2.17. The molecule has 0 aliphatic rings. The number of nitrogens with one attached hydrogen (secondary N) is 1. The molecule has 1 amide bonds. The first-order chi connectivity index (χ1) is 10.0. The molecule has 0 aliphatic carbocycles. The maximum absolute atomic E-state index is 13.9. The van der Waals surface area contributed by atoms with Crippen molar-refractivity contribution >= 4 is 5.91 Å². The number of imidazole rings is 1. The standard InChI is InChI=1S/C14H15F2N3O2/c1-9(20)17-4-3-10-7-19(8-18-10)13-5-12(16)14(21-2)6-11(13)15/h5-8H,3-4H2,1-2H3,(H,17,20). The highest BCUT2D eigenvalue weighted by Gasteiger charge is 2.12. The van der Waals surface area contributed by atoms with Gasteiger partial charge in [-0.05, 0) is 0 Å². The first-order valence-electron chi connectivity index (χ1n) is 6.32. The highest BCUT2D eigenvalue weighted by Crippen LogP contribution is 2.23. The van der Waals surface area contributed by atoms with Crippen LogP contribution >= 0.6 is 0 Å². The Morgan fingerprint density at radius 3 is 2.81 bits per heavy atom. The van der Waals surface area contributed by atoms with Gasteiger partial charge in [0.05, 0.1) is 24.8 Å². The first kappa shape index (κ1) is 15.0. The fourth-order valence-corrected chi connectivity index (χ4v) is 1.86. The van der Waals surface area contributed by atoms with Gasteiger partial charge in [-0.25, -0.2) is 13.8 Å². The molecule has 2 aromatic rings. The Kier molecular flexibility index (Phi) is 4.52. The lowest BCUT2D eigenvalue weighted by Crippen LogP contribution is -2.22. The smallest absolute Gasteiger partial charge is 0.216 e. The molecule has 1 N–H and O–H groups in total. The van der Waals surface area contributed by atoms with E-state index in [1.54, 1.807) is 6.20 Å². The summed E-state index contributed by atoms with van der Waals surface area (Å²) in [6.07, 6.45) is 3.49. The molecule has 21 heavy (non-hydrogen) atoms. The molecule has 0 unspecified atom stereocenters. The lowest BCUT2D eigenvalue weighted by Gasteiger charge is -2.07. The molecular weight excluding hydrogens is 280 g/mol.